The quantitative estimate of drug-likeness (QED) is 0.518. The minimum Gasteiger partial charge on any atom is -0.378 e. The number of hydrogen-bond donors (Lipinski definition) is 0. The van der Waals surface area contributed by atoms with Crippen LogP contribution < -0.4 is 4.90 Å². The lowest BCUT2D eigenvalue weighted by Gasteiger charge is -2.12. The predicted octanol–water partition coefficient (Wildman–Crippen LogP) is 3.88. The summed E-state index contributed by atoms with van der Waals surface area (Å²) in [4.78, 5) is 6.55. The molecule has 0 atom stereocenters. The number of fused-ring (bicyclic) bond motifs is 1. The van der Waals surface area contributed by atoms with Crippen LogP contribution in [0.3, 0.4) is 0 Å². The highest BCUT2D eigenvalue weighted by Crippen LogP contribution is 2.29. The second-order valence-electron chi connectivity index (χ2n) is 6.80. The van der Waals surface area contributed by atoms with Gasteiger partial charge in [0, 0.05) is 43.1 Å². The lowest BCUT2D eigenvalue weighted by molar-refractivity contribution is 0.588. The topological polar surface area (TPSA) is 79.0 Å². The van der Waals surface area contributed by atoms with Crippen LogP contribution in [0, 0.1) is 11.3 Å². The first-order chi connectivity index (χ1) is 13.9. The molecule has 0 fully saturated rings. The molecule has 4 aromatic rings. The van der Waals surface area contributed by atoms with Crippen molar-refractivity contribution in [2.24, 2.45) is 0 Å². The zero-order valence-electron chi connectivity index (χ0n) is 15.9. The Hall–Kier alpha value is -3.63. The largest absolute Gasteiger partial charge is 0.378 e. The molecule has 2 heterocycles. The van der Waals surface area contributed by atoms with Crippen molar-refractivity contribution < 1.29 is 8.42 Å². The van der Waals surface area contributed by atoms with Crippen molar-refractivity contribution in [1.29, 1.82) is 5.26 Å². The summed E-state index contributed by atoms with van der Waals surface area (Å²) in [6, 6.07) is 19.9. The maximum absolute atomic E-state index is 13.0. The van der Waals surface area contributed by atoms with Crippen molar-refractivity contribution in [3.63, 3.8) is 0 Å². The molecule has 0 aliphatic carbocycles. The van der Waals surface area contributed by atoms with Gasteiger partial charge in [-0.1, -0.05) is 30.3 Å². The fraction of sp³-hybridized carbons (Fsp3) is 0.0909. The highest BCUT2D eigenvalue weighted by molar-refractivity contribution is 7.90. The number of rotatable bonds is 4. The van der Waals surface area contributed by atoms with Crippen molar-refractivity contribution in [1.82, 2.24) is 8.96 Å². The van der Waals surface area contributed by atoms with E-state index in [4.69, 9.17) is 0 Å². The molecule has 0 aliphatic heterocycles. The van der Waals surface area contributed by atoms with E-state index in [2.05, 4.69) is 11.1 Å². The Morgan fingerprint density at radius 2 is 1.69 bits per heavy atom. The summed E-state index contributed by atoms with van der Waals surface area (Å²) in [6.45, 7) is 0. The van der Waals surface area contributed by atoms with Crippen LogP contribution in [-0.4, -0.2) is 31.5 Å². The first-order valence-corrected chi connectivity index (χ1v) is 10.4. The molecule has 0 amide bonds. The van der Waals surface area contributed by atoms with Gasteiger partial charge < -0.3 is 4.90 Å². The third-order valence-electron chi connectivity index (χ3n) is 4.75. The molecule has 0 bridgehead atoms. The lowest BCUT2D eigenvalue weighted by Crippen LogP contribution is -2.12. The van der Waals surface area contributed by atoms with Crippen LogP contribution in [-0.2, 0) is 10.0 Å². The van der Waals surface area contributed by atoms with E-state index in [1.807, 2.05) is 49.3 Å². The average molecular weight is 402 g/mol. The number of benzene rings is 2. The second-order valence-corrected chi connectivity index (χ2v) is 8.62. The molecule has 0 aliphatic rings. The maximum atomic E-state index is 13.0. The van der Waals surface area contributed by atoms with Gasteiger partial charge in [-0.05, 0) is 35.9 Å². The summed E-state index contributed by atoms with van der Waals surface area (Å²) < 4.78 is 27.2. The van der Waals surface area contributed by atoms with Crippen molar-refractivity contribution in [3.05, 3.63) is 78.6 Å². The van der Waals surface area contributed by atoms with Crippen molar-refractivity contribution >= 4 is 26.7 Å². The van der Waals surface area contributed by atoms with E-state index in [1.54, 1.807) is 24.4 Å². The minimum atomic E-state index is -3.85. The number of nitriles is 1. The van der Waals surface area contributed by atoms with Crippen LogP contribution in [0.5, 0.6) is 0 Å². The van der Waals surface area contributed by atoms with Crippen LogP contribution in [0.2, 0.25) is 0 Å². The molecule has 0 unspecified atom stereocenters. The zero-order valence-corrected chi connectivity index (χ0v) is 16.8. The molecular weight excluding hydrogens is 384 g/mol. The van der Waals surface area contributed by atoms with Crippen molar-refractivity contribution in [2.75, 3.05) is 19.0 Å². The van der Waals surface area contributed by atoms with E-state index in [9.17, 15) is 13.7 Å². The third kappa shape index (κ3) is 3.24. The van der Waals surface area contributed by atoms with Gasteiger partial charge in [-0.25, -0.2) is 17.4 Å². The Bertz CT molecular complexity index is 1330. The molecule has 2 aromatic heterocycles. The molecule has 0 N–H and O–H groups in total. The standard InChI is InChI=1S/C22H18N4O2S/c1-25(2)19-10-8-16(9-11-19)17-12-21-18(13-23)15-26(22(21)24-14-17)29(27,28)20-6-4-3-5-7-20/h3-12,14-15H,1-2H3. The fourth-order valence-corrected chi connectivity index (χ4v) is 4.51. The normalized spacial score (nSPS) is 11.3. The molecule has 7 heteroatoms. The second kappa shape index (κ2) is 7.08. The number of anilines is 1. The number of aromatic nitrogens is 2. The molecule has 4 rings (SSSR count). The van der Waals surface area contributed by atoms with Crippen LogP contribution in [0.1, 0.15) is 5.56 Å². The summed E-state index contributed by atoms with van der Waals surface area (Å²) >= 11 is 0. The molecule has 6 nitrogen and oxygen atoms in total. The van der Waals surface area contributed by atoms with Crippen molar-refractivity contribution in [3.8, 4) is 17.2 Å². The van der Waals surface area contributed by atoms with Crippen LogP contribution in [0.25, 0.3) is 22.2 Å². The SMILES string of the molecule is CN(C)c1ccc(-c2cnc3c(c2)c(C#N)cn3S(=O)(=O)c2ccccc2)cc1. The Labute approximate surface area is 169 Å². The molecular formula is C22H18N4O2S. The Morgan fingerprint density at radius 1 is 1.00 bits per heavy atom. The average Bonchev–Trinajstić information content (AvgIpc) is 3.13. The van der Waals surface area contributed by atoms with Gasteiger partial charge in [0.15, 0.2) is 5.65 Å². The van der Waals surface area contributed by atoms with Gasteiger partial charge in [-0.3, -0.25) is 0 Å². The van der Waals surface area contributed by atoms with E-state index in [0.29, 0.717) is 5.39 Å². The lowest BCUT2D eigenvalue weighted by atomic mass is 10.1. The zero-order chi connectivity index (χ0) is 20.6. The summed E-state index contributed by atoms with van der Waals surface area (Å²) in [5.74, 6) is 0. The third-order valence-corrected chi connectivity index (χ3v) is 6.41. The summed E-state index contributed by atoms with van der Waals surface area (Å²) in [5.41, 5.74) is 3.32. The number of hydrogen-bond acceptors (Lipinski definition) is 5. The summed E-state index contributed by atoms with van der Waals surface area (Å²) in [7, 11) is 0.0900. The maximum Gasteiger partial charge on any atom is 0.269 e. The van der Waals surface area contributed by atoms with Crippen LogP contribution in [0.4, 0.5) is 5.69 Å². The van der Waals surface area contributed by atoms with Gasteiger partial charge in [-0.15, -0.1) is 0 Å². The smallest absolute Gasteiger partial charge is 0.269 e. The first-order valence-electron chi connectivity index (χ1n) is 8.91. The first kappa shape index (κ1) is 18.7. The number of pyridine rings is 1. The molecule has 2 aromatic carbocycles. The van der Waals surface area contributed by atoms with E-state index < -0.39 is 10.0 Å². The Morgan fingerprint density at radius 3 is 2.31 bits per heavy atom. The molecule has 144 valence electrons. The van der Waals surface area contributed by atoms with Crippen molar-refractivity contribution in [2.45, 2.75) is 4.90 Å². The molecule has 0 saturated heterocycles. The Kier molecular flexibility index (Phi) is 4.57. The highest BCUT2D eigenvalue weighted by Gasteiger charge is 2.22. The monoisotopic (exact) mass is 402 g/mol. The number of nitrogens with zero attached hydrogens (tertiary/aromatic N) is 4. The van der Waals surface area contributed by atoms with Gasteiger partial charge in [0.05, 0.1) is 10.5 Å². The fourth-order valence-electron chi connectivity index (χ4n) is 3.17. The van der Waals surface area contributed by atoms with E-state index in [0.717, 1.165) is 20.8 Å². The molecule has 29 heavy (non-hydrogen) atoms. The van der Waals surface area contributed by atoms with Gasteiger partial charge in [0.1, 0.15) is 6.07 Å². The summed E-state index contributed by atoms with van der Waals surface area (Å²) in [6.07, 6.45) is 2.96. The highest BCUT2D eigenvalue weighted by atomic mass is 32.2. The van der Waals surface area contributed by atoms with E-state index in [1.165, 1.54) is 18.3 Å². The predicted molar refractivity (Wildman–Crippen MR) is 113 cm³/mol. The minimum absolute atomic E-state index is 0.145. The van der Waals surface area contributed by atoms with Gasteiger partial charge in [-0.2, -0.15) is 5.26 Å². The van der Waals surface area contributed by atoms with Gasteiger partial charge >= 0.3 is 0 Å². The van der Waals surface area contributed by atoms with E-state index >= 15 is 0 Å². The van der Waals surface area contributed by atoms with Gasteiger partial charge in [0.25, 0.3) is 10.0 Å². The Balaban J connectivity index is 1.86. The molecule has 0 spiro atoms. The van der Waals surface area contributed by atoms with Crippen LogP contribution >= 0.6 is 0 Å². The summed E-state index contributed by atoms with van der Waals surface area (Å²) in [5, 5.41) is 10.1. The van der Waals surface area contributed by atoms with Gasteiger partial charge in [0.2, 0.25) is 0 Å². The van der Waals surface area contributed by atoms with Crippen LogP contribution in [0.15, 0.2) is 78.0 Å². The molecule has 0 saturated carbocycles. The van der Waals surface area contributed by atoms with E-state index in [-0.39, 0.29) is 16.1 Å². The molecule has 0 radical (unpaired) electrons.